The maximum Gasteiger partial charge on any atom is 0.240 e. The van der Waals surface area contributed by atoms with Gasteiger partial charge in [-0.1, -0.05) is 6.07 Å². The molecule has 1 heterocycles. The zero-order chi connectivity index (χ0) is 13.2. The van der Waals surface area contributed by atoms with E-state index in [-0.39, 0.29) is 10.6 Å². The van der Waals surface area contributed by atoms with Gasteiger partial charge in [-0.05, 0) is 24.3 Å². The smallest absolute Gasteiger partial charge is 0.240 e. The number of nitrogen functional groups attached to an aromatic ring is 1. The van der Waals surface area contributed by atoms with Crippen molar-refractivity contribution in [1.82, 2.24) is 0 Å². The minimum absolute atomic E-state index is 0.0110. The number of rotatable bonds is 2. The zero-order valence-corrected chi connectivity index (χ0v) is 11.6. The summed E-state index contributed by atoms with van der Waals surface area (Å²) in [6.45, 7) is 1.77. The fourth-order valence-electron chi connectivity index (χ4n) is 2.04. The number of anilines is 2. The Hall–Kier alpha value is -0.920. The molecule has 0 unspecified atom stereocenters. The lowest BCUT2D eigenvalue weighted by atomic mass is 10.2. The first-order valence-corrected chi connectivity index (χ1v) is 8.44. The lowest BCUT2D eigenvalue weighted by Gasteiger charge is -2.24. The van der Waals surface area contributed by atoms with Gasteiger partial charge in [0.05, 0.1) is 11.4 Å². The van der Waals surface area contributed by atoms with Crippen LogP contribution in [0.25, 0.3) is 0 Å². The zero-order valence-electron chi connectivity index (χ0n) is 10.0. The predicted molar refractivity (Wildman–Crippen MR) is 76.4 cm³/mol. The number of thioether (sulfide) groups is 1. The van der Waals surface area contributed by atoms with Crippen LogP contribution < -0.4 is 15.8 Å². The first-order chi connectivity index (χ1) is 8.50. The summed E-state index contributed by atoms with van der Waals surface area (Å²) in [5.74, 6) is 2.16. The molecule has 1 aromatic carbocycles. The summed E-state index contributed by atoms with van der Waals surface area (Å²) >= 11 is 1.90. The predicted octanol–water partition coefficient (Wildman–Crippen LogP) is 0.859. The van der Waals surface area contributed by atoms with Crippen LogP contribution in [0.3, 0.4) is 0 Å². The van der Waals surface area contributed by atoms with E-state index in [4.69, 9.17) is 10.9 Å². The van der Waals surface area contributed by atoms with E-state index >= 15 is 0 Å². The molecular formula is C11H17N3O2S2. The summed E-state index contributed by atoms with van der Waals surface area (Å²) in [5, 5.41) is 5.16. The summed E-state index contributed by atoms with van der Waals surface area (Å²) in [5.41, 5.74) is 6.97. The van der Waals surface area contributed by atoms with Gasteiger partial charge < -0.3 is 10.6 Å². The van der Waals surface area contributed by atoms with Crippen molar-refractivity contribution in [2.45, 2.75) is 11.3 Å². The first kappa shape index (κ1) is 13.5. The van der Waals surface area contributed by atoms with Gasteiger partial charge in [0.15, 0.2) is 0 Å². The van der Waals surface area contributed by atoms with Gasteiger partial charge in [0, 0.05) is 18.8 Å². The first-order valence-electron chi connectivity index (χ1n) is 5.74. The minimum atomic E-state index is -3.76. The number of para-hydroxylation sites is 1. The van der Waals surface area contributed by atoms with Crippen molar-refractivity contribution in [2.75, 3.05) is 35.2 Å². The SMILES string of the molecule is Nc1c(N2CCCSCC2)cccc1S(N)(=O)=O. The molecule has 0 atom stereocenters. The van der Waals surface area contributed by atoms with E-state index in [0.717, 1.165) is 36.7 Å². The van der Waals surface area contributed by atoms with E-state index < -0.39 is 10.0 Å². The molecule has 18 heavy (non-hydrogen) atoms. The van der Waals surface area contributed by atoms with Gasteiger partial charge in [-0.3, -0.25) is 0 Å². The number of nitrogens with two attached hydrogens (primary N) is 2. The Morgan fingerprint density at radius 3 is 2.72 bits per heavy atom. The summed E-state index contributed by atoms with van der Waals surface area (Å²) in [4.78, 5) is 2.14. The van der Waals surface area contributed by atoms with E-state index in [1.165, 1.54) is 6.07 Å². The summed E-state index contributed by atoms with van der Waals surface area (Å²) < 4.78 is 22.9. The molecule has 7 heteroatoms. The van der Waals surface area contributed by atoms with Crippen LogP contribution in [0.1, 0.15) is 6.42 Å². The number of sulfonamides is 1. The third-order valence-electron chi connectivity index (χ3n) is 2.91. The van der Waals surface area contributed by atoms with Gasteiger partial charge in [0.1, 0.15) is 4.90 Å². The number of benzene rings is 1. The molecule has 0 bridgehead atoms. The topological polar surface area (TPSA) is 89.4 Å². The van der Waals surface area contributed by atoms with Crippen molar-refractivity contribution >= 4 is 33.2 Å². The second-order valence-electron chi connectivity index (χ2n) is 4.19. The summed E-state index contributed by atoms with van der Waals surface area (Å²) in [6, 6.07) is 4.98. The Morgan fingerprint density at radius 2 is 2.00 bits per heavy atom. The molecule has 1 aliphatic heterocycles. The van der Waals surface area contributed by atoms with Crippen LogP contribution in [-0.4, -0.2) is 33.0 Å². The third-order valence-corrected chi connectivity index (χ3v) is 4.93. The van der Waals surface area contributed by atoms with Crippen molar-refractivity contribution in [2.24, 2.45) is 5.14 Å². The molecule has 4 N–H and O–H groups in total. The molecule has 1 saturated heterocycles. The fraction of sp³-hybridized carbons (Fsp3) is 0.455. The van der Waals surface area contributed by atoms with Gasteiger partial charge >= 0.3 is 0 Å². The minimum Gasteiger partial charge on any atom is -0.396 e. The maximum absolute atomic E-state index is 11.4. The van der Waals surface area contributed by atoms with Gasteiger partial charge in [-0.2, -0.15) is 11.8 Å². The van der Waals surface area contributed by atoms with Crippen molar-refractivity contribution in [3.8, 4) is 0 Å². The molecule has 0 aliphatic carbocycles. The Kier molecular flexibility index (Phi) is 4.04. The average Bonchev–Trinajstić information content (AvgIpc) is 2.56. The molecular weight excluding hydrogens is 270 g/mol. The quantitative estimate of drug-likeness (QED) is 0.787. The van der Waals surface area contributed by atoms with E-state index in [1.807, 2.05) is 17.8 Å². The molecule has 1 aliphatic rings. The maximum atomic E-state index is 11.4. The van der Waals surface area contributed by atoms with Crippen molar-refractivity contribution in [3.63, 3.8) is 0 Å². The third kappa shape index (κ3) is 2.90. The Morgan fingerprint density at radius 1 is 1.22 bits per heavy atom. The van der Waals surface area contributed by atoms with Crippen LogP contribution in [0.15, 0.2) is 23.1 Å². The number of hydrogen-bond acceptors (Lipinski definition) is 5. The highest BCUT2D eigenvalue weighted by Crippen LogP contribution is 2.30. The van der Waals surface area contributed by atoms with Crippen LogP contribution in [0.2, 0.25) is 0 Å². The van der Waals surface area contributed by atoms with Gasteiger partial charge in [-0.25, -0.2) is 13.6 Å². The molecule has 0 saturated carbocycles. The van der Waals surface area contributed by atoms with E-state index in [0.29, 0.717) is 0 Å². The molecule has 2 rings (SSSR count). The van der Waals surface area contributed by atoms with Crippen molar-refractivity contribution in [3.05, 3.63) is 18.2 Å². The molecule has 100 valence electrons. The standard InChI is InChI=1S/C11H17N3O2S2/c12-11-9(14-5-2-7-17-8-6-14)3-1-4-10(11)18(13,15)16/h1,3-4H,2,5-8,12H2,(H2,13,15,16). The van der Waals surface area contributed by atoms with E-state index in [1.54, 1.807) is 6.07 Å². The molecule has 0 aromatic heterocycles. The van der Waals surface area contributed by atoms with Crippen LogP contribution in [0.5, 0.6) is 0 Å². The van der Waals surface area contributed by atoms with Gasteiger partial charge in [0.2, 0.25) is 10.0 Å². The molecule has 5 nitrogen and oxygen atoms in total. The van der Waals surface area contributed by atoms with Crippen LogP contribution in [0, 0.1) is 0 Å². The molecule has 0 radical (unpaired) electrons. The lowest BCUT2D eigenvalue weighted by molar-refractivity contribution is 0.598. The van der Waals surface area contributed by atoms with Gasteiger partial charge in [-0.15, -0.1) is 0 Å². The average molecular weight is 287 g/mol. The monoisotopic (exact) mass is 287 g/mol. The molecule has 0 amide bonds. The highest BCUT2D eigenvalue weighted by atomic mass is 32.2. The highest BCUT2D eigenvalue weighted by Gasteiger charge is 2.18. The van der Waals surface area contributed by atoms with E-state index in [9.17, 15) is 8.42 Å². The number of primary sulfonamides is 1. The van der Waals surface area contributed by atoms with Crippen molar-refractivity contribution in [1.29, 1.82) is 0 Å². The largest absolute Gasteiger partial charge is 0.396 e. The molecule has 1 aromatic rings. The molecule has 1 fully saturated rings. The van der Waals surface area contributed by atoms with Crippen LogP contribution >= 0.6 is 11.8 Å². The van der Waals surface area contributed by atoms with Crippen molar-refractivity contribution < 1.29 is 8.42 Å². The molecule has 0 spiro atoms. The highest BCUT2D eigenvalue weighted by molar-refractivity contribution is 7.99. The van der Waals surface area contributed by atoms with Crippen LogP contribution in [0.4, 0.5) is 11.4 Å². The normalized spacial score (nSPS) is 17.5. The Bertz CT molecular complexity index is 523. The fourth-order valence-corrected chi connectivity index (χ4v) is 3.61. The van der Waals surface area contributed by atoms with Crippen LogP contribution in [-0.2, 0) is 10.0 Å². The lowest BCUT2D eigenvalue weighted by Crippen LogP contribution is -2.27. The summed E-state index contributed by atoms with van der Waals surface area (Å²) in [6.07, 6.45) is 1.07. The second kappa shape index (κ2) is 5.38. The Balaban J connectivity index is 2.39. The number of nitrogens with zero attached hydrogens (tertiary/aromatic N) is 1. The second-order valence-corrected chi connectivity index (χ2v) is 6.94. The van der Waals surface area contributed by atoms with E-state index in [2.05, 4.69) is 4.90 Å². The van der Waals surface area contributed by atoms with Gasteiger partial charge in [0.25, 0.3) is 0 Å². The Labute approximate surface area is 112 Å². The number of hydrogen-bond donors (Lipinski definition) is 2. The summed E-state index contributed by atoms with van der Waals surface area (Å²) in [7, 11) is -3.76.